The van der Waals surface area contributed by atoms with Crippen LogP contribution in [0.1, 0.15) is 39.5 Å². The van der Waals surface area contributed by atoms with Gasteiger partial charge < -0.3 is 10.4 Å². The second kappa shape index (κ2) is 11.7. The fraction of sp³-hybridized carbons (Fsp3) is 0.833. The molecular weight excluding hydrogens is 270 g/mol. The van der Waals surface area contributed by atoms with Crippen LogP contribution in [0.3, 0.4) is 0 Å². The van der Waals surface area contributed by atoms with E-state index in [1.165, 1.54) is 0 Å². The number of rotatable bonds is 11. The molecule has 18 heavy (non-hydrogen) atoms. The highest BCUT2D eigenvalue weighted by molar-refractivity contribution is 8.76. The van der Waals surface area contributed by atoms with E-state index in [9.17, 15) is 9.59 Å². The van der Waals surface area contributed by atoms with Gasteiger partial charge in [-0.25, -0.2) is 0 Å². The van der Waals surface area contributed by atoms with Crippen molar-refractivity contribution in [3.8, 4) is 0 Å². The average molecular weight is 293 g/mol. The van der Waals surface area contributed by atoms with Gasteiger partial charge in [-0.2, -0.15) is 0 Å². The standard InChI is InChI=1S/C12H23NO3S2/c1-3-5-10(4-2)12(16)13-7-9-18-17-8-6-11(14)15/h10H,3-9H2,1-2H3,(H,13,16)(H,14,15). The molecule has 0 aliphatic heterocycles. The van der Waals surface area contributed by atoms with Crippen LogP contribution in [0.2, 0.25) is 0 Å². The first-order valence-electron chi connectivity index (χ1n) is 6.35. The van der Waals surface area contributed by atoms with Crippen molar-refractivity contribution in [3.05, 3.63) is 0 Å². The Kier molecular flexibility index (Phi) is 11.5. The summed E-state index contributed by atoms with van der Waals surface area (Å²) in [6.45, 7) is 4.78. The van der Waals surface area contributed by atoms with Gasteiger partial charge in [-0.15, -0.1) is 0 Å². The minimum Gasteiger partial charge on any atom is -0.481 e. The van der Waals surface area contributed by atoms with Crippen molar-refractivity contribution in [2.75, 3.05) is 18.1 Å². The van der Waals surface area contributed by atoms with Gasteiger partial charge in [0.15, 0.2) is 0 Å². The van der Waals surface area contributed by atoms with Gasteiger partial charge in [-0.05, 0) is 12.8 Å². The average Bonchev–Trinajstić information content (AvgIpc) is 2.34. The van der Waals surface area contributed by atoms with Crippen LogP contribution in [0.5, 0.6) is 0 Å². The van der Waals surface area contributed by atoms with E-state index >= 15 is 0 Å². The third-order valence-corrected chi connectivity index (χ3v) is 4.88. The van der Waals surface area contributed by atoms with E-state index in [1.807, 2.05) is 6.92 Å². The number of carbonyl (C=O) groups is 2. The van der Waals surface area contributed by atoms with Crippen LogP contribution < -0.4 is 5.32 Å². The van der Waals surface area contributed by atoms with Gasteiger partial charge in [0.1, 0.15) is 0 Å². The molecule has 4 nitrogen and oxygen atoms in total. The van der Waals surface area contributed by atoms with Crippen LogP contribution in [0.25, 0.3) is 0 Å². The van der Waals surface area contributed by atoms with E-state index in [2.05, 4.69) is 12.2 Å². The van der Waals surface area contributed by atoms with Crippen molar-refractivity contribution in [3.63, 3.8) is 0 Å². The van der Waals surface area contributed by atoms with E-state index in [0.29, 0.717) is 12.3 Å². The maximum absolute atomic E-state index is 11.7. The van der Waals surface area contributed by atoms with E-state index in [1.54, 1.807) is 21.6 Å². The summed E-state index contributed by atoms with van der Waals surface area (Å²) >= 11 is 0. The van der Waals surface area contributed by atoms with Crippen LogP contribution in [0, 0.1) is 5.92 Å². The lowest BCUT2D eigenvalue weighted by Gasteiger charge is -2.13. The number of carboxylic acid groups (broad SMARTS) is 1. The van der Waals surface area contributed by atoms with Crippen molar-refractivity contribution in [2.24, 2.45) is 5.92 Å². The molecule has 0 rings (SSSR count). The first-order valence-corrected chi connectivity index (χ1v) is 8.84. The number of hydrogen-bond donors (Lipinski definition) is 2. The second-order valence-corrected chi connectivity index (χ2v) is 6.67. The molecule has 1 amide bonds. The van der Waals surface area contributed by atoms with E-state index in [0.717, 1.165) is 25.0 Å². The fourth-order valence-electron chi connectivity index (χ4n) is 1.48. The summed E-state index contributed by atoms with van der Waals surface area (Å²) < 4.78 is 0. The summed E-state index contributed by atoms with van der Waals surface area (Å²) in [5, 5.41) is 11.4. The van der Waals surface area contributed by atoms with Crippen LogP contribution >= 0.6 is 21.6 Å². The molecule has 0 fully saturated rings. The molecule has 0 bridgehead atoms. The minimum atomic E-state index is -0.762. The van der Waals surface area contributed by atoms with Crippen LogP contribution in [0.15, 0.2) is 0 Å². The lowest BCUT2D eigenvalue weighted by molar-refractivity contribution is -0.136. The molecular formula is C12H23NO3S2. The molecule has 2 N–H and O–H groups in total. The monoisotopic (exact) mass is 293 g/mol. The topological polar surface area (TPSA) is 66.4 Å². The smallest absolute Gasteiger partial charge is 0.304 e. The molecule has 1 unspecified atom stereocenters. The first-order chi connectivity index (χ1) is 8.61. The van der Waals surface area contributed by atoms with E-state index in [-0.39, 0.29) is 18.2 Å². The molecule has 0 saturated heterocycles. The van der Waals surface area contributed by atoms with Crippen molar-refractivity contribution in [1.29, 1.82) is 0 Å². The molecule has 106 valence electrons. The number of nitrogens with one attached hydrogen (secondary N) is 1. The van der Waals surface area contributed by atoms with Gasteiger partial charge in [0.2, 0.25) is 5.91 Å². The van der Waals surface area contributed by atoms with Gasteiger partial charge in [0.05, 0.1) is 6.42 Å². The van der Waals surface area contributed by atoms with Gasteiger partial charge in [-0.3, -0.25) is 9.59 Å². The van der Waals surface area contributed by atoms with Crippen LogP contribution in [-0.4, -0.2) is 35.0 Å². The number of amides is 1. The number of carbonyl (C=O) groups excluding carboxylic acids is 1. The number of carboxylic acids is 1. The van der Waals surface area contributed by atoms with E-state index < -0.39 is 5.97 Å². The zero-order valence-electron chi connectivity index (χ0n) is 11.1. The summed E-state index contributed by atoms with van der Waals surface area (Å²) in [6, 6.07) is 0. The molecule has 0 aromatic rings. The molecule has 0 saturated carbocycles. The van der Waals surface area contributed by atoms with Crippen molar-refractivity contribution >= 4 is 33.5 Å². The Labute approximate surface area is 117 Å². The summed E-state index contributed by atoms with van der Waals surface area (Å²) in [4.78, 5) is 22.0. The molecule has 1 atom stereocenters. The molecule has 0 heterocycles. The Hall–Kier alpha value is -0.360. The zero-order valence-corrected chi connectivity index (χ0v) is 12.7. The Balaban J connectivity index is 3.47. The van der Waals surface area contributed by atoms with Gasteiger partial charge in [0.25, 0.3) is 0 Å². The Bertz CT molecular complexity index is 249. The third-order valence-electron chi connectivity index (χ3n) is 2.47. The van der Waals surface area contributed by atoms with Crippen LogP contribution in [0.4, 0.5) is 0 Å². The predicted octanol–water partition coefficient (Wildman–Crippen LogP) is 2.79. The van der Waals surface area contributed by atoms with Gasteiger partial charge in [-0.1, -0.05) is 41.9 Å². The molecule has 0 radical (unpaired) electrons. The van der Waals surface area contributed by atoms with Crippen molar-refractivity contribution in [1.82, 2.24) is 5.32 Å². The molecule has 0 aliphatic rings. The fourth-order valence-corrected chi connectivity index (χ4v) is 3.36. The SMILES string of the molecule is CCCC(CC)C(=O)NCCSSCCC(=O)O. The minimum absolute atomic E-state index is 0.139. The molecule has 0 aromatic heterocycles. The predicted molar refractivity (Wildman–Crippen MR) is 78.9 cm³/mol. The van der Waals surface area contributed by atoms with Crippen LogP contribution in [-0.2, 0) is 9.59 Å². The summed E-state index contributed by atoms with van der Waals surface area (Å²) in [6.07, 6.45) is 3.06. The molecule has 6 heteroatoms. The summed E-state index contributed by atoms with van der Waals surface area (Å²) in [5.41, 5.74) is 0. The van der Waals surface area contributed by atoms with Crippen molar-refractivity contribution in [2.45, 2.75) is 39.5 Å². The highest BCUT2D eigenvalue weighted by Crippen LogP contribution is 2.21. The summed E-state index contributed by atoms with van der Waals surface area (Å²) in [5.74, 6) is 0.955. The third kappa shape index (κ3) is 9.65. The highest BCUT2D eigenvalue weighted by Gasteiger charge is 2.14. The second-order valence-electron chi connectivity index (χ2n) is 3.97. The number of hydrogen-bond acceptors (Lipinski definition) is 4. The largest absolute Gasteiger partial charge is 0.481 e. The molecule has 0 aliphatic carbocycles. The first kappa shape index (κ1) is 17.6. The Morgan fingerprint density at radius 1 is 1.22 bits per heavy atom. The lowest BCUT2D eigenvalue weighted by Crippen LogP contribution is -2.31. The normalized spacial score (nSPS) is 12.1. The lowest BCUT2D eigenvalue weighted by atomic mass is 10.00. The molecule has 0 aromatic carbocycles. The molecule has 0 spiro atoms. The quantitative estimate of drug-likeness (QED) is 0.453. The Morgan fingerprint density at radius 2 is 1.89 bits per heavy atom. The van der Waals surface area contributed by atoms with Gasteiger partial charge >= 0.3 is 5.97 Å². The maximum atomic E-state index is 11.7. The maximum Gasteiger partial charge on any atom is 0.304 e. The zero-order chi connectivity index (χ0) is 13.8. The van der Waals surface area contributed by atoms with Crippen molar-refractivity contribution < 1.29 is 14.7 Å². The Morgan fingerprint density at radius 3 is 2.44 bits per heavy atom. The number of aliphatic carboxylic acids is 1. The summed E-state index contributed by atoms with van der Waals surface area (Å²) in [7, 11) is 3.15. The highest BCUT2D eigenvalue weighted by atomic mass is 33.1. The van der Waals surface area contributed by atoms with E-state index in [4.69, 9.17) is 5.11 Å². The van der Waals surface area contributed by atoms with Gasteiger partial charge in [0, 0.05) is 24.0 Å².